The summed E-state index contributed by atoms with van der Waals surface area (Å²) in [5.41, 5.74) is 0. The topological polar surface area (TPSA) is 78.4 Å². The highest BCUT2D eigenvalue weighted by Gasteiger charge is 2.20. The summed E-state index contributed by atoms with van der Waals surface area (Å²) in [6, 6.07) is -0.0926. The van der Waals surface area contributed by atoms with E-state index in [4.69, 9.17) is 5.11 Å². The largest absolute Gasteiger partial charge is 0.480 e. The summed E-state index contributed by atoms with van der Waals surface area (Å²) in [5, 5.41) is 14.3. The molecular formula is C12H24N2O3. The molecule has 2 fully saturated rings. The van der Waals surface area contributed by atoms with Crippen molar-refractivity contribution < 1.29 is 14.7 Å². The number of nitrogens with one attached hydrogen (secondary N) is 2. The van der Waals surface area contributed by atoms with E-state index in [1.807, 2.05) is 0 Å². The number of Topliss-reactive ketones (excluding diaryl/α,β-unsaturated/α-hetero) is 1. The first-order valence-corrected chi connectivity index (χ1v) is 5.81. The summed E-state index contributed by atoms with van der Waals surface area (Å²) in [7, 11) is 0. The van der Waals surface area contributed by atoms with E-state index in [0.717, 1.165) is 38.8 Å². The van der Waals surface area contributed by atoms with Crippen molar-refractivity contribution in [3.63, 3.8) is 0 Å². The summed E-state index contributed by atoms with van der Waals surface area (Å²) >= 11 is 0. The Kier molecular flexibility index (Phi) is 7.74. The van der Waals surface area contributed by atoms with Crippen LogP contribution in [0.2, 0.25) is 0 Å². The van der Waals surface area contributed by atoms with Crippen LogP contribution in [0.15, 0.2) is 0 Å². The minimum Gasteiger partial charge on any atom is -0.480 e. The molecule has 2 saturated heterocycles. The fourth-order valence-electron chi connectivity index (χ4n) is 1.93. The van der Waals surface area contributed by atoms with Crippen molar-refractivity contribution in [1.82, 2.24) is 10.6 Å². The number of ketones is 1. The Morgan fingerprint density at radius 1 is 1.06 bits per heavy atom. The van der Waals surface area contributed by atoms with E-state index in [2.05, 4.69) is 10.6 Å². The van der Waals surface area contributed by atoms with Gasteiger partial charge in [0, 0.05) is 0 Å². The summed E-state index contributed by atoms with van der Waals surface area (Å²) in [5.74, 6) is -0.440. The van der Waals surface area contributed by atoms with E-state index in [1.165, 1.54) is 0 Å². The number of carbonyl (C=O) groups is 2. The lowest BCUT2D eigenvalue weighted by Crippen LogP contribution is -2.29. The van der Waals surface area contributed by atoms with Crippen LogP contribution >= 0.6 is 0 Å². The maximum atomic E-state index is 10.6. The Bertz CT molecular complexity index is 218. The van der Waals surface area contributed by atoms with E-state index in [-0.39, 0.29) is 25.3 Å². The molecule has 3 N–H and O–H groups in total. The van der Waals surface area contributed by atoms with Gasteiger partial charge in [-0.25, -0.2) is 0 Å². The molecule has 0 spiro atoms. The van der Waals surface area contributed by atoms with Gasteiger partial charge in [-0.3, -0.25) is 9.59 Å². The quantitative estimate of drug-likeness (QED) is 0.669. The summed E-state index contributed by atoms with van der Waals surface area (Å²) in [6.45, 7) is 3.52. The van der Waals surface area contributed by atoms with Crippen LogP contribution in [0.1, 0.15) is 40.0 Å². The van der Waals surface area contributed by atoms with E-state index < -0.39 is 5.97 Å². The zero-order valence-electron chi connectivity index (χ0n) is 9.66. The third-order valence-electron chi connectivity index (χ3n) is 2.91. The second-order valence-electron chi connectivity index (χ2n) is 4.25. The average Bonchev–Trinajstić information content (AvgIpc) is 2.93. The maximum absolute atomic E-state index is 10.6. The van der Waals surface area contributed by atoms with Crippen molar-refractivity contribution in [3.05, 3.63) is 0 Å². The van der Waals surface area contributed by atoms with Gasteiger partial charge in [0.1, 0.15) is 11.8 Å². The Balaban J connectivity index is 0.000000284. The first-order chi connectivity index (χ1) is 7.61. The van der Waals surface area contributed by atoms with Gasteiger partial charge in [-0.15, -0.1) is 0 Å². The van der Waals surface area contributed by atoms with Gasteiger partial charge in [0.25, 0.3) is 0 Å². The summed E-state index contributed by atoms with van der Waals surface area (Å²) in [6.07, 6.45) is 3.98. The SMILES string of the molecule is C.CC(=O)[C@H]1CCCN1.O=C(O)[C@@H]1CCCN1. The number of carboxylic acids is 1. The fourth-order valence-corrected chi connectivity index (χ4v) is 1.93. The second-order valence-corrected chi connectivity index (χ2v) is 4.25. The predicted molar refractivity (Wildman–Crippen MR) is 67.1 cm³/mol. The zero-order chi connectivity index (χ0) is 12.0. The highest BCUT2D eigenvalue weighted by atomic mass is 16.4. The molecule has 0 amide bonds. The van der Waals surface area contributed by atoms with Crippen LogP contribution in [0.3, 0.4) is 0 Å². The fraction of sp³-hybridized carbons (Fsp3) is 0.833. The van der Waals surface area contributed by atoms with E-state index in [1.54, 1.807) is 6.92 Å². The molecule has 2 aliphatic rings. The number of aliphatic carboxylic acids is 1. The molecule has 0 aromatic carbocycles. The molecule has 5 nitrogen and oxygen atoms in total. The summed E-state index contributed by atoms with van der Waals surface area (Å²) < 4.78 is 0. The van der Waals surface area contributed by atoms with Crippen LogP contribution < -0.4 is 10.6 Å². The normalized spacial score (nSPS) is 26.6. The van der Waals surface area contributed by atoms with Crippen LogP contribution in [0, 0.1) is 0 Å². The monoisotopic (exact) mass is 244 g/mol. The molecule has 0 unspecified atom stereocenters. The standard InChI is InChI=1S/C6H11NO.C5H9NO2.CH4/c1-5(8)6-3-2-4-7-6;7-5(8)4-2-1-3-6-4;/h6-7H,2-4H2,1H3;4,6H,1-3H2,(H,7,8);1H4/t6-;4-;/m10./s1. The molecular weight excluding hydrogens is 220 g/mol. The minimum absolute atomic E-state index is 0. The van der Waals surface area contributed by atoms with E-state index >= 15 is 0 Å². The predicted octanol–water partition coefficient (Wildman–Crippen LogP) is 0.787. The van der Waals surface area contributed by atoms with Gasteiger partial charge in [-0.1, -0.05) is 7.43 Å². The number of hydrogen-bond donors (Lipinski definition) is 3. The number of rotatable bonds is 2. The lowest BCUT2D eigenvalue weighted by Gasteiger charge is -2.01. The molecule has 2 aliphatic heterocycles. The smallest absolute Gasteiger partial charge is 0.320 e. The van der Waals surface area contributed by atoms with Crippen molar-refractivity contribution in [1.29, 1.82) is 0 Å². The Morgan fingerprint density at radius 3 is 1.71 bits per heavy atom. The van der Waals surface area contributed by atoms with Gasteiger partial charge in [-0.2, -0.15) is 0 Å². The second kappa shape index (κ2) is 8.20. The van der Waals surface area contributed by atoms with Gasteiger partial charge >= 0.3 is 5.97 Å². The van der Waals surface area contributed by atoms with Crippen LogP contribution in [0.5, 0.6) is 0 Å². The van der Waals surface area contributed by atoms with Gasteiger partial charge in [0.05, 0.1) is 6.04 Å². The van der Waals surface area contributed by atoms with Crippen LogP contribution in [-0.2, 0) is 9.59 Å². The molecule has 5 heteroatoms. The molecule has 2 heterocycles. The minimum atomic E-state index is -0.720. The maximum Gasteiger partial charge on any atom is 0.320 e. The highest BCUT2D eigenvalue weighted by Crippen LogP contribution is 2.04. The molecule has 0 aliphatic carbocycles. The molecule has 0 bridgehead atoms. The number of carbonyl (C=O) groups excluding carboxylic acids is 1. The molecule has 0 radical (unpaired) electrons. The molecule has 100 valence electrons. The van der Waals surface area contributed by atoms with Crippen molar-refractivity contribution in [2.24, 2.45) is 0 Å². The van der Waals surface area contributed by atoms with E-state index in [0.29, 0.717) is 0 Å². The van der Waals surface area contributed by atoms with Gasteiger partial charge in [-0.05, 0) is 45.7 Å². The van der Waals surface area contributed by atoms with Gasteiger partial charge in [0.15, 0.2) is 0 Å². The zero-order valence-corrected chi connectivity index (χ0v) is 9.66. The van der Waals surface area contributed by atoms with Gasteiger partial charge < -0.3 is 15.7 Å². The molecule has 17 heavy (non-hydrogen) atoms. The van der Waals surface area contributed by atoms with Crippen molar-refractivity contribution in [3.8, 4) is 0 Å². The van der Waals surface area contributed by atoms with Crippen LogP contribution in [0.25, 0.3) is 0 Å². The molecule has 0 aromatic rings. The van der Waals surface area contributed by atoms with Crippen molar-refractivity contribution in [2.45, 2.75) is 52.1 Å². The third-order valence-corrected chi connectivity index (χ3v) is 2.91. The number of hydrogen-bond acceptors (Lipinski definition) is 4. The van der Waals surface area contributed by atoms with Gasteiger partial charge in [0.2, 0.25) is 0 Å². The van der Waals surface area contributed by atoms with E-state index in [9.17, 15) is 9.59 Å². The first kappa shape index (κ1) is 16.1. The highest BCUT2D eigenvalue weighted by molar-refractivity contribution is 5.81. The van der Waals surface area contributed by atoms with Crippen molar-refractivity contribution in [2.75, 3.05) is 13.1 Å². The Labute approximate surface area is 103 Å². The lowest BCUT2D eigenvalue weighted by atomic mass is 10.2. The van der Waals surface area contributed by atoms with Crippen LogP contribution in [-0.4, -0.2) is 42.0 Å². The molecule has 0 saturated carbocycles. The third kappa shape index (κ3) is 5.79. The van der Waals surface area contributed by atoms with Crippen molar-refractivity contribution >= 4 is 11.8 Å². The Hall–Kier alpha value is -0.940. The van der Waals surface area contributed by atoms with Crippen LogP contribution in [0.4, 0.5) is 0 Å². The average molecular weight is 244 g/mol. The summed E-state index contributed by atoms with van der Waals surface area (Å²) in [4.78, 5) is 20.7. The number of carboxylic acid groups (broad SMARTS) is 1. The first-order valence-electron chi connectivity index (χ1n) is 5.81. The Morgan fingerprint density at radius 2 is 1.53 bits per heavy atom. The lowest BCUT2D eigenvalue weighted by molar-refractivity contribution is -0.139. The molecule has 0 aromatic heterocycles. The molecule has 2 atom stereocenters. The molecule has 2 rings (SSSR count).